The molecule has 0 N–H and O–H groups in total. The van der Waals surface area contributed by atoms with Gasteiger partial charge in [-0.3, -0.25) is 4.79 Å². The van der Waals surface area contributed by atoms with E-state index in [1.807, 2.05) is 17.9 Å². The van der Waals surface area contributed by atoms with Gasteiger partial charge in [-0.2, -0.15) is 0 Å². The Morgan fingerprint density at radius 2 is 2.22 bits per heavy atom. The predicted octanol–water partition coefficient (Wildman–Crippen LogP) is 2.46. The normalized spacial score (nSPS) is 36.2. The fraction of sp³-hybridized carbons (Fsp3) is 0.571. The number of hydrogen-bond acceptors (Lipinski definition) is 5. The van der Waals surface area contributed by atoms with Gasteiger partial charge in [0.05, 0.1) is 25.2 Å². The van der Waals surface area contributed by atoms with Gasteiger partial charge in [-0.1, -0.05) is 6.08 Å². The minimum atomic E-state index is -0.712. The second-order valence-electron chi connectivity index (χ2n) is 8.14. The third-order valence-electron chi connectivity index (χ3n) is 6.49. The van der Waals surface area contributed by atoms with Gasteiger partial charge in [-0.25, -0.2) is 0 Å². The van der Waals surface area contributed by atoms with Crippen molar-refractivity contribution in [3.8, 4) is 11.5 Å². The summed E-state index contributed by atoms with van der Waals surface area (Å²) in [5.74, 6) is 0.850. The Morgan fingerprint density at radius 3 is 2.93 bits per heavy atom. The van der Waals surface area contributed by atoms with Gasteiger partial charge in [-0.15, -0.1) is 0 Å². The zero-order chi connectivity index (χ0) is 18.8. The van der Waals surface area contributed by atoms with E-state index in [0.717, 1.165) is 29.9 Å². The summed E-state index contributed by atoms with van der Waals surface area (Å²) in [5, 5.41) is 0. The molecule has 144 valence electrons. The summed E-state index contributed by atoms with van der Waals surface area (Å²) in [6.45, 7) is 5.97. The fourth-order valence-corrected chi connectivity index (χ4v) is 5.13. The molecule has 1 saturated heterocycles. The molecule has 1 aromatic carbocycles. The third-order valence-corrected chi connectivity index (χ3v) is 6.49. The number of benzene rings is 1. The fourth-order valence-electron chi connectivity index (χ4n) is 5.13. The van der Waals surface area contributed by atoms with Gasteiger partial charge >= 0.3 is 0 Å². The van der Waals surface area contributed by atoms with Gasteiger partial charge in [0.15, 0.2) is 17.3 Å². The Kier molecular flexibility index (Phi) is 3.62. The summed E-state index contributed by atoms with van der Waals surface area (Å²) in [6, 6.07) is 2.01. The number of methoxy groups -OCH3 is 1. The molecule has 27 heavy (non-hydrogen) atoms. The quantitative estimate of drug-likeness (QED) is 0.590. The molecule has 3 aliphatic heterocycles. The van der Waals surface area contributed by atoms with Crippen LogP contribution in [0.4, 0.5) is 0 Å². The number of carbonyl (C=O) groups excluding carboxylic acids is 1. The molecule has 3 heterocycles. The standard InChI is InChI=1S/C21H25NO5/c1-13-8-16(24-3)19-18-15(13)10-22(12-23)7-6-20(18)4-5-21(9-17(20)26-19)25-11-14(2)27-21/h4-5,8,12,14,17H,6-7,9-11H2,1-3H3. The first-order chi connectivity index (χ1) is 13.0. The van der Waals surface area contributed by atoms with E-state index in [4.69, 9.17) is 18.9 Å². The largest absolute Gasteiger partial charge is 0.493 e. The highest BCUT2D eigenvalue weighted by molar-refractivity contribution is 5.64. The van der Waals surface area contributed by atoms with Crippen LogP contribution in [0.15, 0.2) is 18.2 Å². The van der Waals surface area contributed by atoms with Crippen molar-refractivity contribution >= 4 is 6.41 Å². The van der Waals surface area contributed by atoms with E-state index in [9.17, 15) is 4.79 Å². The number of aryl methyl sites for hydroxylation is 1. The van der Waals surface area contributed by atoms with Crippen molar-refractivity contribution in [1.82, 2.24) is 4.90 Å². The Balaban J connectivity index is 1.68. The highest BCUT2D eigenvalue weighted by Crippen LogP contribution is 2.58. The van der Waals surface area contributed by atoms with E-state index in [-0.39, 0.29) is 17.6 Å². The molecule has 4 aliphatic rings. The van der Waals surface area contributed by atoms with Crippen LogP contribution >= 0.6 is 0 Å². The van der Waals surface area contributed by atoms with Crippen LogP contribution in [-0.4, -0.2) is 49.6 Å². The average Bonchev–Trinajstić information content (AvgIpc) is 3.12. The number of rotatable bonds is 2. The SMILES string of the molecule is COc1cc(C)c2c3c1OC1CC4(C=CC31CCN(C=O)C2)OCC(C)O4. The number of amides is 1. The van der Waals surface area contributed by atoms with Crippen LogP contribution in [0, 0.1) is 6.92 Å². The van der Waals surface area contributed by atoms with Crippen molar-refractivity contribution in [2.24, 2.45) is 0 Å². The van der Waals surface area contributed by atoms with Crippen molar-refractivity contribution in [2.45, 2.75) is 56.6 Å². The first-order valence-corrected chi connectivity index (χ1v) is 9.59. The van der Waals surface area contributed by atoms with Crippen molar-refractivity contribution in [2.75, 3.05) is 20.3 Å². The van der Waals surface area contributed by atoms with Crippen LogP contribution in [0.25, 0.3) is 0 Å². The molecule has 6 heteroatoms. The molecule has 1 aliphatic carbocycles. The van der Waals surface area contributed by atoms with Crippen molar-refractivity contribution in [3.63, 3.8) is 0 Å². The van der Waals surface area contributed by atoms with Gasteiger partial charge in [0.25, 0.3) is 0 Å². The summed E-state index contributed by atoms with van der Waals surface area (Å²) in [4.78, 5) is 13.4. The van der Waals surface area contributed by atoms with Crippen LogP contribution in [0.1, 0.15) is 36.5 Å². The molecule has 5 rings (SSSR count). The van der Waals surface area contributed by atoms with E-state index >= 15 is 0 Å². The molecular weight excluding hydrogens is 346 g/mol. The Hall–Kier alpha value is -2.05. The monoisotopic (exact) mass is 371 g/mol. The lowest BCUT2D eigenvalue weighted by Crippen LogP contribution is -2.48. The van der Waals surface area contributed by atoms with E-state index < -0.39 is 5.79 Å². The summed E-state index contributed by atoms with van der Waals surface area (Å²) in [5.41, 5.74) is 3.18. The second-order valence-corrected chi connectivity index (χ2v) is 8.14. The minimum absolute atomic E-state index is 0.0690. The molecule has 0 bridgehead atoms. The van der Waals surface area contributed by atoms with Gasteiger partial charge < -0.3 is 23.8 Å². The second kappa shape index (κ2) is 5.72. The minimum Gasteiger partial charge on any atom is -0.493 e. The molecule has 6 nitrogen and oxygen atoms in total. The lowest BCUT2D eigenvalue weighted by molar-refractivity contribution is -0.154. The first-order valence-electron chi connectivity index (χ1n) is 9.59. The Labute approximate surface area is 159 Å². The van der Waals surface area contributed by atoms with Gasteiger partial charge in [-0.05, 0) is 43.5 Å². The number of hydrogen-bond donors (Lipinski definition) is 0. The number of carbonyl (C=O) groups is 1. The predicted molar refractivity (Wildman–Crippen MR) is 97.9 cm³/mol. The lowest BCUT2D eigenvalue weighted by atomic mass is 9.68. The van der Waals surface area contributed by atoms with Crippen molar-refractivity contribution in [3.05, 3.63) is 34.9 Å². The Bertz CT molecular complexity index is 836. The topological polar surface area (TPSA) is 57.2 Å². The first kappa shape index (κ1) is 17.1. The summed E-state index contributed by atoms with van der Waals surface area (Å²) in [6.07, 6.45) is 6.63. The van der Waals surface area contributed by atoms with Gasteiger partial charge in [0.2, 0.25) is 6.41 Å². The van der Waals surface area contributed by atoms with E-state index in [1.54, 1.807) is 7.11 Å². The number of nitrogens with zero attached hydrogens (tertiary/aromatic N) is 1. The van der Waals surface area contributed by atoms with E-state index in [1.165, 1.54) is 11.1 Å². The van der Waals surface area contributed by atoms with E-state index in [0.29, 0.717) is 26.1 Å². The Morgan fingerprint density at radius 1 is 1.37 bits per heavy atom. The highest BCUT2D eigenvalue weighted by atomic mass is 16.7. The maximum Gasteiger partial charge on any atom is 0.210 e. The molecule has 1 amide bonds. The van der Waals surface area contributed by atoms with Gasteiger partial charge in [0.1, 0.15) is 6.10 Å². The van der Waals surface area contributed by atoms with Gasteiger partial charge in [0, 0.05) is 25.1 Å². The van der Waals surface area contributed by atoms with Crippen LogP contribution < -0.4 is 9.47 Å². The summed E-state index contributed by atoms with van der Waals surface area (Å²) in [7, 11) is 1.67. The molecule has 0 radical (unpaired) electrons. The maximum atomic E-state index is 11.6. The molecule has 0 saturated carbocycles. The molecule has 4 unspecified atom stereocenters. The smallest absolute Gasteiger partial charge is 0.210 e. The van der Waals surface area contributed by atoms with Crippen LogP contribution in [0.5, 0.6) is 11.5 Å². The molecular formula is C21H25NO5. The van der Waals surface area contributed by atoms with Crippen LogP contribution in [0.2, 0.25) is 0 Å². The van der Waals surface area contributed by atoms with Crippen LogP contribution in [-0.2, 0) is 26.2 Å². The molecule has 0 aromatic heterocycles. The zero-order valence-electron chi connectivity index (χ0n) is 16.0. The summed E-state index contributed by atoms with van der Waals surface area (Å²) >= 11 is 0. The summed E-state index contributed by atoms with van der Waals surface area (Å²) < 4.78 is 24.3. The molecule has 1 aromatic rings. The third kappa shape index (κ3) is 2.29. The lowest BCUT2D eigenvalue weighted by Gasteiger charge is -2.40. The van der Waals surface area contributed by atoms with Crippen molar-refractivity contribution < 1.29 is 23.7 Å². The maximum absolute atomic E-state index is 11.6. The molecule has 1 fully saturated rings. The highest BCUT2D eigenvalue weighted by Gasteiger charge is 2.58. The average molecular weight is 371 g/mol. The van der Waals surface area contributed by atoms with Crippen molar-refractivity contribution in [1.29, 1.82) is 0 Å². The molecule has 2 spiro atoms. The molecule has 4 atom stereocenters. The number of ether oxygens (including phenoxy) is 4. The zero-order valence-corrected chi connectivity index (χ0v) is 16.0. The van der Waals surface area contributed by atoms with Crippen LogP contribution in [0.3, 0.4) is 0 Å². The van der Waals surface area contributed by atoms with E-state index in [2.05, 4.69) is 19.1 Å².